The Kier molecular flexibility index (Phi) is 3.05. The van der Waals surface area contributed by atoms with Crippen molar-refractivity contribution in [2.45, 2.75) is 26.2 Å². The molecule has 3 aromatic carbocycles. The van der Waals surface area contributed by atoms with Gasteiger partial charge in [0.25, 0.3) is 0 Å². The van der Waals surface area contributed by atoms with Crippen LogP contribution in [0.2, 0.25) is 0 Å². The molecular formula is C22H21N. The normalized spacial score (nSPS) is 12.1. The highest BCUT2D eigenvalue weighted by Gasteiger charge is 2.15. The highest BCUT2D eigenvalue weighted by molar-refractivity contribution is 6.08. The number of hydrogen-bond acceptors (Lipinski definition) is 0. The molecule has 1 heteroatoms. The number of hydrogen-bond donors (Lipinski definition) is 1. The van der Waals surface area contributed by atoms with Crippen LogP contribution >= 0.6 is 0 Å². The second kappa shape index (κ2) is 4.99. The maximum absolute atomic E-state index is 3.54. The molecular weight excluding hydrogens is 278 g/mol. The number of benzene rings is 3. The zero-order valence-electron chi connectivity index (χ0n) is 13.9. The zero-order valence-corrected chi connectivity index (χ0v) is 13.9. The van der Waals surface area contributed by atoms with Gasteiger partial charge >= 0.3 is 0 Å². The predicted octanol–water partition coefficient (Wildman–Crippen LogP) is 6.29. The molecule has 0 atom stereocenters. The Bertz CT molecular complexity index is 985. The molecule has 0 radical (unpaired) electrons. The fourth-order valence-corrected chi connectivity index (χ4v) is 3.17. The Morgan fingerprint density at radius 3 is 2.00 bits per heavy atom. The Morgan fingerprint density at radius 1 is 0.652 bits per heavy atom. The summed E-state index contributed by atoms with van der Waals surface area (Å²) in [4.78, 5) is 3.54. The molecule has 4 aromatic rings. The minimum atomic E-state index is 0.162. The lowest BCUT2D eigenvalue weighted by Gasteiger charge is -2.18. The van der Waals surface area contributed by atoms with Gasteiger partial charge in [-0.1, -0.05) is 63.2 Å². The zero-order chi connectivity index (χ0) is 16.0. The quantitative estimate of drug-likeness (QED) is 0.425. The molecule has 0 aliphatic carbocycles. The van der Waals surface area contributed by atoms with Crippen molar-refractivity contribution in [3.63, 3.8) is 0 Å². The van der Waals surface area contributed by atoms with Crippen molar-refractivity contribution in [3.05, 3.63) is 72.3 Å². The summed E-state index contributed by atoms with van der Waals surface area (Å²) in [6, 6.07) is 24.0. The van der Waals surface area contributed by atoms with Gasteiger partial charge in [-0.2, -0.15) is 0 Å². The first-order valence-electron chi connectivity index (χ1n) is 8.14. The number of aromatic amines is 1. The molecule has 1 aromatic heterocycles. The van der Waals surface area contributed by atoms with E-state index >= 15 is 0 Å². The van der Waals surface area contributed by atoms with Gasteiger partial charge in [0, 0.05) is 21.8 Å². The fraction of sp³-hybridized carbons (Fsp3) is 0.182. The van der Waals surface area contributed by atoms with Crippen LogP contribution in [0.15, 0.2) is 66.7 Å². The van der Waals surface area contributed by atoms with E-state index in [1.165, 1.54) is 38.5 Å². The second-order valence-corrected chi connectivity index (χ2v) is 7.26. The van der Waals surface area contributed by atoms with Crippen LogP contribution in [0, 0.1) is 0 Å². The minimum absolute atomic E-state index is 0.162. The summed E-state index contributed by atoms with van der Waals surface area (Å²) < 4.78 is 0. The Balaban J connectivity index is 1.97. The third-order valence-corrected chi connectivity index (χ3v) is 4.57. The van der Waals surface area contributed by atoms with Crippen LogP contribution in [-0.4, -0.2) is 4.98 Å². The van der Waals surface area contributed by atoms with E-state index in [4.69, 9.17) is 0 Å². The van der Waals surface area contributed by atoms with Gasteiger partial charge in [-0.05, 0) is 46.4 Å². The van der Waals surface area contributed by atoms with Crippen molar-refractivity contribution in [2.24, 2.45) is 0 Å². The lowest BCUT2D eigenvalue weighted by Crippen LogP contribution is -2.10. The maximum Gasteiger partial charge on any atom is 0.0465 e. The molecule has 1 heterocycles. The van der Waals surface area contributed by atoms with Crippen molar-refractivity contribution in [1.82, 2.24) is 4.98 Å². The Labute approximate surface area is 137 Å². The van der Waals surface area contributed by atoms with Gasteiger partial charge in [0.1, 0.15) is 0 Å². The number of H-pyrrole nitrogens is 1. The average molecular weight is 299 g/mol. The number of aromatic nitrogens is 1. The smallest absolute Gasteiger partial charge is 0.0465 e. The van der Waals surface area contributed by atoms with E-state index in [9.17, 15) is 0 Å². The molecule has 0 saturated carbocycles. The average Bonchev–Trinajstić information content (AvgIpc) is 2.92. The summed E-state index contributed by atoms with van der Waals surface area (Å²) in [6.45, 7) is 6.79. The summed E-state index contributed by atoms with van der Waals surface area (Å²) in [5.74, 6) is 0. The first-order valence-corrected chi connectivity index (χ1v) is 8.14. The molecule has 0 amide bonds. The van der Waals surface area contributed by atoms with Crippen LogP contribution in [0.5, 0.6) is 0 Å². The summed E-state index contributed by atoms with van der Waals surface area (Å²) in [5.41, 5.74) is 6.46. The molecule has 23 heavy (non-hydrogen) atoms. The van der Waals surface area contributed by atoms with Gasteiger partial charge in [0.15, 0.2) is 0 Å². The third kappa shape index (κ3) is 2.43. The number of nitrogens with one attached hydrogen (secondary N) is 1. The molecule has 4 rings (SSSR count). The standard InChI is InChI=1S/C22H21N/c1-22(2,3)17-10-12-21-19(14-17)18-13-16(9-11-20(18)23-21)15-7-5-4-6-8-15/h4-14,23H,1-3H3. The van der Waals surface area contributed by atoms with Crippen LogP contribution in [-0.2, 0) is 5.41 Å². The second-order valence-electron chi connectivity index (χ2n) is 7.26. The first-order chi connectivity index (χ1) is 11.0. The molecule has 1 nitrogen and oxygen atoms in total. The van der Waals surface area contributed by atoms with Gasteiger partial charge in [-0.3, -0.25) is 0 Å². The SMILES string of the molecule is CC(C)(C)c1ccc2[nH]c3ccc(-c4ccccc4)cc3c2c1. The van der Waals surface area contributed by atoms with E-state index in [0.717, 1.165) is 0 Å². The largest absolute Gasteiger partial charge is 0.355 e. The Morgan fingerprint density at radius 2 is 1.30 bits per heavy atom. The van der Waals surface area contributed by atoms with E-state index < -0.39 is 0 Å². The highest BCUT2D eigenvalue weighted by atomic mass is 14.7. The van der Waals surface area contributed by atoms with Crippen molar-refractivity contribution < 1.29 is 0 Å². The fourth-order valence-electron chi connectivity index (χ4n) is 3.17. The highest BCUT2D eigenvalue weighted by Crippen LogP contribution is 2.33. The molecule has 0 saturated heterocycles. The molecule has 1 N–H and O–H groups in total. The molecule has 0 aliphatic rings. The lowest BCUT2D eigenvalue weighted by molar-refractivity contribution is 0.591. The van der Waals surface area contributed by atoms with Gasteiger partial charge < -0.3 is 4.98 Å². The molecule has 114 valence electrons. The van der Waals surface area contributed by atoms with Crippen molar-refractivity contribution >= 4 is 21.8 Å². The van der Waals surface area contributed by atoms with Gasteiger partial charge in [-0.15, -0.1) is 0 Å². The minimum Gasteiger partial charge on any atom is -0.355 e. The lowest BCUT2D eigenvalue weighted by atomic mass is 9.86. The Hall–Kier alpha value is -2.54. The molecule has 0 unspecified atom stereocenters. The van der Waals surface area contributed by atoms with E-state index in [-0.39, 0.29) is 5.41 Å². The van der Waals surface area contributed by atoms with Crippen LogP contribution in [0.3, 0.4) is 0 Å². The van der Waals surface area contributed by atoms with E-state index in [0.29, 0.717) is 0 Å². The van der Waals surface area contributed by atoms with Gasteiger partial charge in [-0.25, -0.2) is 0 Å². The number of fused-ring (bicyclic) bond motifs is 3. The molecule has 0 spiro atoms. The van der Waals surface area contributed by atoms with E-state index in [2.05, 4.69) is 92.5 Å². The van der Waals surface area contributed by atoms with E-state index in [1.807, 2.05) is 0 Å². The van der Waals surface area contributed by atoms with Crippen molar-refractivity contribution in [2.75, 3.05) is 0 Å². The van der Waals surface area contributed by atoms with E-state index in [1.54, 1.807) is 0 Å². The summed E-state index contributed by atoms with van der Waals surface area (Å²) in [7, 11) is 0. The first kappa shape index (κ1) is 14.1. The van der Waals surface area contributed by atoms with Crippen molar-refractivity contribution in [1.29, 1.82) is 0 Å². The summed E-state index contributed by atoms with van der Waals surface area (Å²) >= 11 is 0. The third-order valence-electron chi connectivity index (χ3n) is 4.57. The van der Waals surface area contributed by atoms with Gasteiger partial charge in [0.05, 0.1) is 0 Å². The molecule has 0 bridgehead atoms. The molecule has 0 aliphatic heterocycles. The predicted molar refractivity (Wildman–Crippen MR) is 99.9 cm³/mol. The molecule has 0 fully saturated rings. The summed E-state index contributed by atoms with van der Waals surface area (Å²) in [6.07, 6.45) is 0. The van der Waals surface area contributed by atoms with Crippen LogP contribution in [0.1, 0.15) is 26.3 Å². The number of rotatable bonds is 1. The van der Waals surface area contributed by atoms with Gasteiger partial charge in [0.2, 0.25) is 0 Å². The van der Waals surface area contributed by atoms with Crippen molar-refractivity contribution in [3.8, 4) is 11.1 Å². The topological polar surface area (TPSA) is 15.8 Å². The van der Waals surface area contributed by atoms with Crippen LogP contribution in [0.4, 0.5) is 0 Å². The monoisotopic (exact) mass is 299 g/mol. The maximum atomic E-state index is 3.54. The van der Waals surface area contributed by atoms with Crippen LogP contribution < -0.4 is 0 Å². The summed E-state index contributed by atoms with van der Waals surface area (Å²) in [5, 5.41) is 2.61. The van der Waals surface area contributed by atoms with Crippen LogP contribution in [0.25, 0.3) is 32.9 Å².